The second-order valence-corrected chi connectivity index (χ2v) is 4.26. The number of aryl methyl sites for hydroxylation is 2. The fourth-order valence-corrected chi connectivity index (χ4v) is 1.59. The molecule has 1 aromatic heterocycles. The third kappa shape index (κ3) is 3.10. The molecular formula is C12H20N2O2. The standard InChI is InChI=1S/C12H20N2O2/c1-8-6-11(10(3)16-8)9(2)13-7-12(15)14(4)5/h6,9,13H,7H2,1-5H3. The van der Waals surface area contributed by atoms with Crippen molar-refractivity contribution < 1.29 is 9.21 Å². The van der Waals surface area contributed by atoms with Crippen molar-refractivity contribution >= 4 is 5.91 Å². The molecule has 0 radical (unpaired) electrons. The molecule has 0 saturated carbocycles. The zero-order valence-electron chi connectivity index (χ0n) is 10.6. The van der Waals surface area contributed by atoms with Crippen LogP contribution in [0, 0.1) is 13.8 Å². The molecule has 0 aliphatic carbocycles. The third-order valence-corrected chi connectivity index (χ3v) is 2.60. The Balaban J connectivity index is 2.56. The van der Waals surface area contributed by atoms with Crippen molar-refractivity contribution in [3.05, 3.63) is 23.2 Å². The van der Waals surface area contributed by atoms with Crippen molar-refractivity contribution in [2.45, 2.75) is 26.8 Å². The Morgan fingerprint density at radius 2 is 2.12 bits per heavy atom. The van der Waals surface area contributed by atoms with Gasteiger partial charge in [0.15, 0.2) is 0 Å². The lowest BCUT2D eigenvalue weighted by atomic mass is 10.1. The highest BCUT2D eigenvalue weighted by molar-refractivity contribution is 5.77. The van der Waals surface area contributed by atoms with Gasteiger partial charge in [-0.2, -0.15) is 0 Å². The predicted octanol–water partition coefficient (Wildman–Crippen LogP) is 1.64. The van der Waals surface area contributed by atoms with Crippen LogP contribution in [0.1, 0.15) is 30.0 Å². The Hall–Kier alpha value is -1.29. The van der Waals surface area contributed by atoms with Crippen LogP contribution in [0.3, 0.4) is 0 Å². The third-order valence-electron chi connectivity index (χ3n) is 2.60. The van der Waals surface area contributed by atoms with Gasteiger partial charge in [0.2, 0.25) is 5.91 Å². The van der Waals surface area contributed by atoms with E-state index in [1.807, 2.05) is 26.8 Å². The first-order valence-electron chi connectivity index (χ1n) is 5.42. The first kappa shape index (κ1) is 12.8. The molecule has 1 aromatic rings. The Bertz CT molecular complexity index is 369. The molecule has 0 aliphatic heterocycles. The molecule has 0 fully saturated rings. The summed E-state index contributed by atoms with van der Waals surface area (Å²) in [6.45, 7) is 6.24. The van der Waals surface area contributed by atoms with Crippen molar-refractivity contribution in [3.63, 3.8) is 0 Å². The second kappa shape index (κ2) is 5.16. The van der Waals surface area contributed by atoms with E-state index in [-0.39, 0.29) is 11.9 Å². The Labute approximate surface area is 96.6 Å². The number of nitrogens with zero attached hydrogens (tertiary/aromatic N) is 1. The maximum absolute atomic E-state index is 11.4. The first-order chi connectivity index (χ1) is 7.41. The molecule has 0 aromatic carbocycles. The van der Waals surface area contributed by atoms with Crippen LogP contribution in [-0.2, 0) is 4.79 Å². The van der Waals surface area contributed by atoms with E-state index in [9.17, 15) is 4.79 Å². The zero-order chi connectivity index (χ0) is 12.3. The van der Waals surface area contributed by atoms with Crippen molar-refractivity contribution in [2.24, 2.45) is 0 Å². The zero-order valence-corrected chi connectivity index (χ0v) is 10.6. The van der Waals surface area contributed by atoms with Crippen LogP contribution >= 0.6 is 0 Å². The largest absolute Gasteiger partial charge is 0.466 e. The molecule has 1 amide bonds. The number of rotatable bonds is 4. The van der Waals surface area contributed by atoms with E-state index in [4.69, 9.17) is 4.42 Å². The minimum atomic E-state index is 0.0738. The van der Waals surface area contributed by atoms with Gasteiger partial charge in [-0.3, -0.25) is 4.79 Å². The molecule has 1 rings (SSSR count). The van der Waals surface area contributed by atoms with Gasteiger partial charge < -0.3 is 14.6 Å². The molecule has 0 aliphatic rings. The molecule has 0 saturated heterocycles. The maximum Gasteiger partial charge on any atom is 0.236 e. The van der Waals surface area contributed by atoms with Crippen LogP contribution in [-0.4, -0.2) is 31.4 Å². The van der Waals surface area contributed by atoms with Crippen molar-refractivity contribution in [3.8, 4) is 0 Å². The minimum Gasteiger partial charge on any atom is -0.466 e. The summed E-state index contributed by atoms with van der Waals surface area (Å²) < 4.78 is 5.45. The van der Waals surface area contributed by atoms with E-state index >= 15 is 0 Å². The number of hydrogen-bond donors (Lipinski definition) is 1. The van der Waals surface area contributed by atoms with Gasteiger partial charge in [0, 0.05) is 25.7 Å². The van der Waals surface area contributed by atoms with E-state index < -0.39 is 0 Å². The predicted molar refractivity (Wildman–Crippen MR) is 63.3 cm³/mol. The average molecular weight is 224 g/mol. The van der Waals surface area contributed by atoms with E-state index in [0.717, 1.165) is 17.1 Å². The summed E-state index contributed by atoms with van der Waals surface area (Å²) in [6.07, 6.45) is 0. The summed E-state index contributed by atoms with van der Waals surface area (Å²) in [4.78, 5) is 13.0. The molecule has 1 atom stereocenters. The van der Waals surface area contributed by atoms with Gasteiger partial charge in [-0.15, -0.1) is 0 Å². The van der Waals surface area contributed by atoms with Crippen LogP contribution in [0.2, 0.25) is 0 Å². The van der Waals surface area contributed by atoms with E-state index in [0.29, 0.717) is 6.54 Å². The molecular weight excluding hydrogens is 204 g/mol. The normalized spacial score (nSPS) is 12.6. The molecule has 4 heteroatoms. The quantitative estimate of drug-likeness (QED) is 0.845. The Morgan fingerprint density at radius 1 is 1.50 bits per heavy atom. The molecule has 0 bridgehead atoms. The number of amides is 1. The van der Waals surface area contributed by atoms with Gasteiger partial charge in [-0.05, 0) is 26.8 Å². The molecule has 1 N–H and O–H groups in total. The van der Waals surface area contributed by atoms with E-state index in [1.54, 1.807) is 19.0 Å². The highest BCUT2D eigenvalue weighted by atomic mass is 16.3. The summed E-state index contributed by atoms with van der Waals surface area (Å²) in [7, 11) is 3.50. The van der Waals surface area contributed by atoms with Crippen LogP contribution in [0.5, 0.6) is 0 Å². The van der Waals surface area contributed by atoms with Gasteiger partial charge in [0.05, 0.1) is 6.54 Å². The van der Waals surface area contributed by atoms with Crippen LogP contribution < -0.4 is 5.32 Å². The maximum atomic E-state index is 11.4. The van der Waals surface area contributed by atoms with E-state index in [1.165, 1.54) is 0 Å². The highest BCUT2D eigenvalue weighted by Gasteiger charge is 2.13. The smallest absolute Gasteiger partial charge is 0.236 e. The summed E-state index contributed by atoms with van der Waals surface area (Å²) in [5, 5.41) is 3.18. The van der Waals surface area contributed by atoms with Gasteiger partial charge in [-0.25, -0.2) is 0 Å². The van der Waals surface area contributed by atoms with Crippen LogP contribution in [0.25, 0.3) is 0 Å². The van der Waals surface area contributed by atoms with Crippen LogP contribution in [0.4, 0.5) is 0 Å². The minimum absolute atomic E-state index is 0.0738. The summed E-state index contributed by atoms with van der Waals surface area (Å²) >= 11 is 0. The second-order valence-electron chi connectivity index (χ2n) is 4.26. The summed E-state index contributed by atoms with van der Waals surface area (Å²) in [5.74, 6) is 1.89. The van der Waals surface area contributed by atoms with Crippen molar-refractivity contribution in [2.75, 3.05) is 20.6 Å². The van der Waals surface area contributed by atoms with E-state index in [2.05, 4.69) is 5.32 Å². The lowest BCUT2D eigenvalue weighted by Crippen LogP contribution is -2.34. The Kier molecular flexibility index (Phi) is 4.12. The molecule has 0 spiro atoms. The highest BCUT2D eigenvalue weighted by Crippen LogP contribution is 2.20. The lowest BCUT2D eigenvalue weighted by molar-refractivity contribution is -0.127. The number of carbonyl (C=O) groups excluding carboxylic acids is 1. The molecule has 1 heterocycles. The van der Waals surface area contributed by atoms with Gasteiger partial charge in [0.25, 0.3) is 0 Å². The first-order valence-corrected chi connectivity index (χ1v) is 5.42. The van der Waals surface area contributed by atoms with Gasteiger partial charge in [-0.1, -0.05) is 0 Å². The average Bonchev–Trinajstić information content (AvgIpc) is 2.53. The lowest BCUT2D eigenvalue weighted by Gasteiger charge is -2.15. The topological polar surface area (TPSA) is 45.5 Å². The number of hydrogen-bond acceptors (Lipinski definition) is 3. The van der Waals surface area contributed by atoms with Gasteiger partial charge >= 0.3 is 0 Å². The van der Waals surface area contributed by atoms with Crippen molar-refractivity contribution in [1.29, 1.82) is 0 Å². The SMILES string of the molecule is Cc1cc(C(C)NCC(=O)N(C)C)c(C)o1. The number of nitrogens with one attached hydrogen (secondary N) is 1. The molecule has 1 unspecified atom stereocenters. The number of carbonyl (C=O) groups is 1. The monoisotopic (exact) mass is 224 g/mol. The molecule has 4 nitrogen and oxygen atoms in total. The number of likely N-dealkylation sites (N-methyl/N-ethyl adjacent to an activating group) is 1. The fourth-order valence-electron chi connectivity index (χ4n) is 1.59. The number of furan rings is 1. The fraction of sp³-hybridized carbons (Fsp3) is 0.583. The summed E-state index contributed by atoms with van der Waals surface area (Å²) in [5.41, 5.74) is 1.11. The van der Waals surface area contributed by atoms with Gasteiger partial charge in [0.1, 0.15) is 11.5 Å². The van der Waals surface area contributed by atoms with Crippen LogP contribution in [0.15, 0.2) is 10.5 Å². The summed E-state index contributed by atoms with van der Waals surface area (Å²) in [6, 6.07) is 2.13. The molecule has 16 heavy (non-hydrogen) atoms. The Morgan fingerprint density at radius 3 is 2.56 bits per heavy atom. The van der Waals surface area contributed by atoms with Crippen molar-refractivity contribution in [1.82, 2.24) is 10.2 Å². The molecule has 90 valence electrons.